The molecule has 19 heteroatoms. The molecular weight excluding hydrogens is 1260 g/mol. The van der Waals surface area contributed by atoms with Crippen molar-refractivity contribution in [3.63, 3.8) is 0 Å². The quantitative estimate of drug-likeness (QED) is 0.0199. The van der Waals surface area contributed by atoms with Crippen LogP contribution in [0.25, 0.3) is 0 Å². The standard InChI is InChI=1S/C80H149NO18/c1-3-5-7-9-11-13-15-17-19-21-23-25-27-28-29-30-31-32-33-34-36-37-39-41-43-45-47-49-51-53-55-57-64(85)63(81-68(86)58-56-54-52-50-48-46-44-42-40-38-35-26-24-22-20-18-16-14-12-10-8-6-4-2)62-94-78-74(92)71(89)76(66(60-83)96-78)99-80-75(93)72(90)77(67(61-84)97-80)98-79-73(91)70(88)69(87)65(59-82)95-79/h16,18,22,24,35,38,63-67,69-80,82-85,87-93H,3-15,17,19-21,23,25-34,36-37,39-62H2,1-2H3,(H,81,86)/b18-16-,24-22-,38-35-. The van der Waals surface area contributed by atoms with Crippen LogP contribution < -0.4 is 5.32 Å². The zero-order valence-electron chi connectivity index (χ0n) is 62.2. The maximum absolute atomic E-state index is 13.5. The number of carbonyl (C=O) groups excluding carboxylic acids is 1. The van der Waals surface area contributed by atoms with Crippen molar-refractivity contribution in [3.05, 3.63) is 36.5 Å². The van der Waals surface area contributed by atoms with Crippen molar-refractivity contribution in [2.75, 3.05) is 26.4 Å². The molecule has 3 aliphatic rings. The number of nitrogens with one attached hydrogen (secondary N) is 1. The van der Waals surface area contributed by atoms with E-state index in [0.29, 0.717) is 12.8 Å². The van der Waals surface area contributed by atoms with Crippen molar-refractivity contribution in [1.82, 2.24) is 5.32 Å². The van der Waals surface area contributed by atoms with Crippen LogP contribution in [0, 0.1) is 0 Å². The zero-order chi connectivity index (χ0) is 71.8. The van der Waals surface area contributed by atoms with Crippen LogP contribution >= 0.6 is 0 Å². The predicted octanol–water partition coefficient (Wildman–Crippen LogP) is 13.5. The molecule has 17 unspecified atom stereocenters. The van der Waals surface area contributed by atoms with E-state index in [2.05, 4.69) is 55.6 Å². The van der Waals surface area contributed by atoms with Crippen molar-refractivity contribution >= 4 is 5.91 Å². The summed E-state index contributed by atoms with van der Waals surface area (Å²) >= 11 is 0. The summed E-state index contributed by atoms with van der Waals surface area (Å²) < 4.78 is 34.5. The van der Waals surface area contributed by atoms with Crippen molar-refractivity contribution in [3.8, 4) is 0 Å². The summed E-state index contributed by atoms with van der Waals surface area (Å²) in [5, 5.41) is 121. The Bertz CT molecular complexity index is 1930. The largest absolute Gasteiger partial charge is 0.394 e. The lowest BCUT2D eigenvalue weighted by Crippen LogP contribution is -2.66. The molecule has 0 spiro atoms. The molecule has 12 N–H and O–H groups in total. The van der Waals surface area contributed by atoms with Crippen LogP contribution in [0.2, 0.25) is 0 Å². The average molecular weight is 1410 g/mol. The van der Waals surface area contributed by atoms with E-state index in [0.717, 1.165) is 70.6 Å². The van der Waals surface area contributed by atoms with Gasteiger partial charge in [0.1, 0.15) is 73.2 Å². The third-order valence-corrected chi connectivity index (χ3v) is 20.5. The number of hydrogen-bond donors (Lipinski definition) is 12. The molecule has 0 aromatic heterocycles. The highest BCUT2D eigenvalue weighted by atomic mass is 16.8. The van der Waals surface area contributed by atoms with E-state index < -0.39 is 124 Å². The van der Waals surface area contributed by atoms with E-state index in [1.807, 2.05) is 0 Å². The van der Waals surface area contributed by atoms with Gasteiger partial charge in [-0.25, -0.2) is 0 Å². The van der Waals surface area contributed by atoms with Gasteiger partial charge in [0.25, 0.3) is 0 Å². The molecule has 0 aromatic carbocycles. The number of rotatable bonds is 65. The van der Waals surface area contributed by atoms with Crippen LogP contribution in [0.4, 0.5) is 0 Å². The van der Waals surface area contributed by atoms with Gasteiger partial charge in [-0.1, -0.05) is 314 Å². The molecule has 0 radical (unpaired) electrons. The number of unbranched alkanes of at least 4 members (excludes halogenated alkanes) is 43. The topological polar surface area (TPSA) is 307 Å². The molecule has 99 heavy (non-hydrogen) atoms. The first kappa shape index (κ1) is 91.2. The summed E-state index contributed by atoms with van der Waals surface area (Å²) in [5.74, 6) is -0.246. The first-order valence-electron chi connectivity index (χ1n) is 40.7. The lowest BCUT2D eigenvalue weighted by molar-refractivity contribution is -0.379. The predicted molar refractivity (Wildman–Crippen MR) is 393 cm³/mol. The molecule has 0 aromatic rings. The van der Waals surface area contributed by atoms with Gasteiger partial charge < -0.3 is 89.9 Å². The minimum atomic E-state index is -1.97. The first-order valence-corrected chi connectivity index (χ1v) is 40.7. The van der Waals surface area contributed by atoms with Gasteiger partial charge in [0.15, 0.2) is 18.9 Å². The Labute approximate surface area is 600 Å². The smallest absolute Gasteiger partial charge is 0.220 e. The molecule has 3 rings (SSSR count). The van der Waals surface area contributed by atoms with Gasteiger partial charge in [0.05, 0.1) is 38.6 Å². The minimum Gasteiger partial charge on any atom is -0.394 e. The third-order valence-electron chi connectivity index (χ3n) is 20.5. The highest BCUT2D eigenvalue weighted by Crippen LogP contribution is 2.33. The van der Waals surface area contributed by atoms with Crippen LogP contribution in [0.5, 0.6) is 0 Å². The molecule has 3 aliphatic heterocycles. The number of amides is 1. The molecule has 0 saturated carbocycles. The third kappa shape index (κ3) is 41.5. The molecule has 1 amide bonds. The van der Waals surface area contributed by atoms with Crippen molar-refractivity contribution in [2.24, 2.45) is 0 Å². The number of aliphatic hydroxyl groups excluding tert-OH is 11. The van der Waals surface area contributed by atoms with Crippen molar-refractivity contribution < 1.29 is 89.4 Å². The lowest BCUT2D eigenvalue weighted by atomic mass is 9.96. The molecule has 17 atom stereocenters. The number of aliphatic hydroxyl groups is 11. The minimum absolute atomic E-state index is 0.246. The Hall–Kier alpha value is -1.99. The summed E-state index contributed by atoms with van der Waals surface area (Å²) in [4.78, 5) is 13.5. The van der Waals surface area contributed by atoms with Gasteiger partial charge in [-0.2, -0.15) is 0 Å². The normalized spacial score (nSPS) is 26.7. The second-order valence-corrected chi connectivity index (χ2v) is 29.2. The molecule has 582 valence electrons. The van der Waals surface area contributed by atoms with Crippen molar-refractivity contribution in [2.45, 2.75) is 439 Å². The van der Waals surface area contributed by atoms with Crippen molar-refractivity contribution in [1.29, 1.82) is 0 Å². The summed E-state index contributed by atoms with van der Waals surface area (Å²) in [6, 6.07) is -0.894. The van der Waals surface area contributed by atoms with E-state index in [1.165, 1.54) is 231 Å². The van der Waals surface area contributed by atoms with Gasteiger partial charge in [0, 0.05) is 6.42 Å². The summed E-state index contributed by atoms with van der Waals surface area (Å²) in [7, 11) is 0. The maximum atomic E-state index is 13.5. The Morgan fingerprint density at radius 3 is 1.04 bits per heavy atom. The van der Waals surface area contributed by atoms with Crippen LogP contribution in [0.15, 0.2) is 36.5 Å². The van der Waals surface area contributed by atoms with Gasteiger partial charge in [0.2, 0.25) is 5.91 Å². The second kappa shape index (κ2) is 61.2. The van der Waals surface area contributed by atoms with Crippen LogP contribution in [0.3, 0.4) is 0 Å². The van der Waals surface area contributed by atoms with E-state index in [9.17, 15) is 61.0 Å². The number of allylic oxidation sites excluding steroid dienone is 6. The van der Waals surface area contributed by atoms with Gasteiger partial charge >= 0.3 is 0 Å². The summed E-state index contributed by atoms with van der Waals surface area (Å²) in [6.07, 6.45) is 48.0. The Balaban J connectivity index is 1.36. The molecule has 3 saturated heterocycles. The van der Waals surface area contributed by atoms with E-state index >= 15 is 0 Å². The molecular formula is C80H149NO18. The van der Waals surface area contributed by atoms with E-state index in [1.54, 1.807) is 0 Å². The highest BCUT2D eigenvalue weighted by molar-refractivity contribution is 5.76. The zero-order valence-corrected chi connectivity index (χ0v) is 62.2. The van der Waals surface area contributed by atoms with Gasteiger partial charge in [-0.3, -0.25) is 4.79 Å². The Morgan fingerprint density at radius 2 is 0.667 bits per heavy atom. The van der Waals surface area contributed by atoms with Crippen LogP contribution in [-0.4, -0.2) is 193 Å². The van der Waals surface area contributed by atoms with Crippen LogP contribution in [0.1, 0.15) is 335 Å². The van der Waals surface area contributed by atoms with E-state index in [-0.39, 0.29) is 18.9 Å². The number of ether oxygens (including phenoxy) is 6. The molecule has 0 aliphatic carbocycles. The Morgan fingerprint density at radius 1 is 0.364 bits per heavy atom. The van der Waals surface area contributed by atoms with Gasteiger partial charge in [-0.15, -0.1) is 0 Å². The second-order valence-electron chi connectivity index (χ2n) is 29.2. The summed E-state index contributed by atoms with van der Waals surface area (Å²) in [6.45, 7) is 1.83. The SMILES string of the molecule is CCCCCCC/C=C\C/C=C\C/C=C\CCCCCCCCCCC(=O)NC(COC1OC(CO)C(OC2OC(CO)C(OC3OC(CO)C(O)C(O)C3O)C(O)C2O)C(O)C1O)C(O)CCCCCCCCCCCCCCCCCCCCCCCCCCCCCCCCC. The monoisotopic (exact) mass is 1410 g/mol. The molecule has 3 fully saturated rings. The highest BCUT2D eigenvalue weighted by Gasteiger charge is 2.54. The lowest BCUT2D eigenvalue weighted by Gasteiger charge is -2.48. The molecule has 3 heterocycles. The number of hydrogen-bond acceptors (Lipinski definition) is 18. The molecule has 19 nitrogen and oxygen atoms in total. The van der Waals surface area contributed by atoms with Crippen LogP contribution in [-0.2, 0) is 33.2 Å². The van der Waals surface area contributed by atoms with Gasteiger partial charge in [-0.05, 0) is 51.4 Å². The fourth-order valence-electron chi connectivity index (χ4n) is 13.9. The average Bonchev–Trinajstić information content (AvgIpc) is 0.782. The fourth-order valence-corrected chi connectivity index (χ4v) is 13.9. The first-order chi connectivity index (χ1) is 48.3. The van der Waals surface area contributed by atoms with E-state index in [4.69, 9.17) is 28.4 Å². The molecule has 0 bridgehead atoms. The summed E-state index contributed by atoms with van der Waals surface area (Å²) in [5.41, 5.74) is 0. The number of carbonyl (C=O) groups is 1. The maximum Gasteiger partial charge on any atom is 0.220 e. The Kier molecular flexibility index (Phi) is 56.4. The fraction of sp³-hybridized carbons (Fsp3) is 0.912.